The third-order valence-corrected chi connectivity index (χ3v) is 5.21. The maximum atomic E-state index is 6.18. The molecule has 3 heterocycles. The predicted octanol–water partition coefficient (Wildman–Crippen LogP) is 3.73. The summed E-state index contributed by atoms with van der Waals surface area (Å²) in [6.45, 7) is 2.74. The molecule has 27 heavy (non-hydrogen) atoms. The van der Waals surface area contributed by atoms with Gasteiger partial charge in [0.2, 0.25) is 5.95 Å². The average Bonchev–Trinajstić information content (AvgIpc) is 3.20. The lowest BCUT2D eigenvalue weighted by atomic mass is 10.0. The van der Waals surface area contributed by atoms with E-state index in [9.17, 15) is 0 Å². The molecule has 0 saturated heterocycles. The van der Waals surface area contributed by atoms with Crippen LogP contribution in [0, 0.1) is 6.92 Å². The number of benzene rings is 1. The molecule has 3 aromatic heterocycles. The molecule has 5 N–H and O–H groups in total. The third-order valence-electron chi connectivity index (χ3n) is 5.21. The van der Waals surface area contributed by atoms with Crippen LogP contribution in [0.1, 0.15) is 35.6 Å². The first-order chi connectivity index (χ1) is 13.2. The van der Waals surface area contributed by atoms with E-state index in [2.05, 4.69) is 61.7 Å². The van der Waals surface area contributed by atoms with Gasteiger partial charge in [-0.25, -0.2) is 4.98 Å². The van der Waals surface area contributed by atoms with E-state index in [1.807, 2.05) is 6.20 Å². The lowest BCUT2D eigenvalue weighted by molar-refractivity contribution is 0.966. The summed E-state index contributed by atoms with van der Waals surface area (Å²) in [4.78, 5) is 12.1. The molecule has 7 heteroatoms. The van der Waals surface area contributed by atoms with Gasteiger partial charge in [-0.15, -0.1) is 0 Å². The number of anilines is 2. The van der Waals surface area contributed by atoms with E-state index >= 15 is 0 Å². The molecule has 1 fully saturated rings. The summed E-state index contributed by atoms with van der Waals surface area (Å²) >= 11 is 0. The SMILES string of the molecule is Cc1ccc2[nH]ccc2c1CNc1ncc(-c2cc(C3CC3)[nH]n2)c(N)n1. The number of nitrogens with one attached hydrogen (secondary N) is 3. The third kappa shape index (κ3) is 2.91. The molecule has 0 unspecified atom stereocenters. The van der Waals surface area contributed by atoms with Crippen molar-refractivity contribution in [3.63, 3.8) is 0 Å². The van der Waals surface area contributed by atoms with Crippen LogP contribution in [0.25, 0.3) is 22.2 Å². The maximum absolute atomic E-state index is 6.18. The molecule has 1 aliphatic carbocycles. The van der Waals surface area contributed by atoms with Gasteiger partial charge in [-0.2, -0.15) is 10.1 Å². The molecule has 0 aliphatic heterocycles. The minimum Gasteiger partial charge on any atom is -0.383 e. The number of nitrogens with two attached hydrogens (primary N) is 1. The van der Waals surface area contributed by atoms with Gasteiger partial charge in [-0.05, 0) is 49.1 Å². The molecule has 1 saturated carbocycles. The van der Waals surface area contributed by atoms with Crippen LogP contribution in [0.4, 0.5) is 11.8 Å². The summed E-state index contributed by atoms with van der Waals surface area (Å²) in [6, 6.07) is 8.35. The van der Waals surface area contributed by atoms with Crippen molar-refractivity contribution in [2.75, 3.05) is 11.1 Å². The zero-order valence-electron chi connectivity index (χ0n) is 15.1. The van der Waals surface area contributed by atoms with E-state index < -0.39 is 0 Å². The summed E-state index contributed by atoms with van der Waals surface area (Å²) in [6.07, 6.45) is 6.14. The van der Waals surface area contributed by atoms with E-state index in [1.165, 1.54) is 35.0 Å². The van der Waals surface area contributed by atoms with Crippen LogP contribution in [0.3, 0.4) is 0 Å². The molecule has 4 aromatic rings. The van der Waals surface area contributed by atoms with Crippen molar-refractivity contribution in [1.82, 2.24) is 25.1 Å². The number of hydrogen-bond donors (Lipinski definition) is 4. The average molecular weight is 359 g/mol. The Labute approximate surface area is 156 Å². The molecule has 0 spiro atoms. The van der Waals surface area contributed by atoms with E-state index in [-0.39, 0.29) is 0 Å². The summed E-state index contributed by atoms with van der Waals surface area (Å²) in [7, 11) is 0. The number of aromatic amines is 2. The lowest BCUT2D eigenvalue weighted by Crippen LogP contribution is -2.07. The maximum Gasteiger partial charge on any atom is 0.224 e. The number of H-pyrrole nitrogens is 2. The fourth-order valence-electron chi connectivity index (χ4n) is 3.46. The molecule has 0 amide bonds. The zero-order valence-corrected chi connectivity index (χ0v) is 15.1. The topological polar surface area (TPSA) is 108 Å². The Morgan fingerprint density at radius 2 is 2.15 bits per heavy atom. The van der Waals surface area contributed by atoms with E-state index in [0.29, 0.717) is 24.2 Å². The molecule has 0 radical (unpaired) electrons. The predicted molar refractivity (Wildman–Crippen MR) is 106 cm³/mol. The Kier molecular flexibility index (Phi) is 3.60. The highest BCUT2D eigenvalue weighted by atomic mass is 15.1. The minimum atomic E-state index is 0.429. The minimum absolute atomic E-state index is 0.429. The highest BCUT2D eigenvalue weighted by Gasteiger charge is 2.26. The molecular weight excluding hydrogens is 338 g/mol. The van der Waals surface area contributed by atoms with Gasteiger partial charge in [-0.3, -0.25) is 5.10 Å². The van der Waals surface area contributed by atoms with Crippen molar-refractivity contribution in [3.05, 3.63) is 53.5 Å². The monoisotopic (exact) mass is 359 g/mol. The van der Waals surface area contributed by atoms with Crippen LogP contribution < -0.4 is 11.1 Å². The first-order valence-corrected chi connectivity index (χ1v) is 9.16. The van der Waals surface area contributed by atoms with Gasteiger partial charge in [0.1, 0.15) is 5.82 Å². The van der Waals surface area contributed by atoms with E-state index in [1.54, 1.807) is 6.20 Å². The van der Waals surface area contributed by atoms with E-state index in [0.717, 1.165) is 16.8 Å². The number of nitrogens with zero attached hydrogens (tertiary/aromatic N) is 3. The molecule has 1 aliphatic rings. The largest absolute Gasteiger partial charge is 0.383 e. The number of fused-ring (bicyclic) bond motifs is 1. The second-order valence-electron chi connectivity index (χ2n) is 7.13. The fourth-order valence-corrected chi connectivity index (χ4v) is 3.46. The Morgan fingerprint density at radius 3 is 2.96 bits per heavy atom. The fraction of sp³-hybridized carbons (Fsp3) is 0.250. The number of hydrogen-bond acceptors (Lipinski definition) is 5. The molecule has 0 atom stereocenters. The second kappa shape index (κ2) is 6.12. The van der Waals surface area contributed by atoms with Crippen LogP contribution in [-0.4, -0.2) is 25.1 Å². The smallest absolute Gasteiger partial charge is 0.224 e. The van der Waals surface area contributed by atoms with Crippen molar-refractivity contribution in [2.24, 2.45) is 0 Å². The molecule has 1 aromatic carbocycles. The number of aryl methyl sites for hydroxylation is 1. The Hall–Kier alpha value is -3.35. The van der Waals surface area contributed by atoms with Crippen molar-refractivity contribution < 1.29 is 0 Å². The first kappa shape index (κ1) is 15.9. The summed E-state index contributed by atoms with van der Waals surface area (Å²) in [5, 5.41) is 12.0. The van der Waals surface area contributed by atoms with Crippen molar-refractivity contribution in [3.8, 4) is 11.3 Å². The molecule has 0 bridgehead atoms. The number of aromatic nitrogens is 5. The van der Waals surface area contributed by atoms with E-state index in [4.69, 9.17) is 5.73 Å². The van der Waals surface area contributed by atoms with Gasteiger partial charge in [-0.1, -0.05) is 6.07 Å². The van der Waals surface area contributed by atoms with Crippen molar-refractivity contribution in [1.29, 1.82) is 0 Å². The molecule has 136 valence electrons. The lowest BCUT2D eigenvalue weighted by Gasteiger charge is -2.10. The number of rotatable bonds is 5. The van der Waals surface area contributed by atoms with Gasteiger partial charge < -0.3 is 16.0 Å². The second-order valence-corrected chi connectivity index (χ2v) is 7.13. The molecular formula is C20H21N7. The van der Waals surface area contributed by atoms with Crippen LogP contribution >= 0.6 is 0 Å². The molecule has 7 nitrogen and oxygen atoms in total. The normalized spacial score (nSPS) is 14.0. The van der Waals surface area contributed by atoms with Crippen LogP contribution in [0.2, 0.25) is 0 Å². The number of nitrogen functional groups attached to an aromatic ring is 1. The highest BCUT2D eigenvalue weighted by molar-refractivity contribution is 5.84. The van der Waals surface area contributed by atoms with Crippen LogP contribution in [0.5, 0.6) is 0 Å². The highest BCUT2D eigenvalue weighted by Crippen LogP contribution is 2.40. The first-order valence-electron chi connectivity index (χ1n) is 9.16. The van der Waals surface area contributed by atoms with Crippen molar-refractivity contribution in [2.45, 2.75) is 32.2 Å². The Morgan fingerprint density at radius 1 is 1.26 bits per heavy atom. The zero-order chi connectivity index (χ0) is 18.4. The van der Waals surface area contributed by atoms with Crippen LogP contribution in [0.15, 0.2) is 36.7 Å². The quantitative estimate of drug-likeness (QED) is 0.434. The van der Waals surface area contributed by atoms with Gasteiger partial charge in [0, 0.05) is 41.5 Å². The summed E-state index contributed by atoms with van der Waals surface area (Å²) < 4.78 is 0. The van der Waals surface area contributed by atoms with Crippen LogP contribution in [-0.2, 0) is 6.54 Å². The molecule has 5 rings (SSSR count). The Balaban J connectivity index is 1.37. The summed E-state index contributed by atoms with van der Waals surface area (Å²) in [5.74, 6) is 1.56. The van der Waals surface area contributed by atoms with Gasteiger partial charge in [0.05, 0.1) is 11.3 Å². The Bertz CT molecular complexity index is 1120. The van der Waals surface area contributed by atoms with Crippen molar-refractivity contribution >= 4 is 22.7 Å². The summed E-state index contributed by atoms with van der Waals surface area (Å²) in [5.41, 5.74) is 12.5. The van der Waals surface area contributed by atoms with Gasteiger partial charge in [0.25, 0.3) is 0 Å². The standard InChI is InChI=1S/C20H21N7/c1-11-2-5-16-13(6-7-22-16)14(11)9-23-20-24-10-15(19(21)25-20)18-8-17(26-27-18)12-3-4-12/h2,5-8,10,12,22H,3-4,9H2,1H3,(H,26,27)(H3,21,23,24,25). The van der Waals surface area contributed by atoms with Gasteiger partial charge in [0.15, 0.2) is 0 Å². The van der Waals surface area contributed by atoms with Gasteiger partial charge >= 0.3 is 0 Å².